The normalized spacial score (nSPS) is 13.8. The highest BCUT2D eigenvalue weighted by molar-refractivity contribution is 7.89. The summed E-state index contributed by atoms with van der Waals surface area (Å²) in [4.78, 5) is 50.9. The van der Waals surface area contributed by atoms with Gasteiger partial charge in [0.15, 0.2) is 51.4 Å². The van der Waals surface area contributed by atoms with E-state index in [1.54, 1.807) is 36.4 Å². The molecule has 2 fully saturated rings. The van der Waals surface area contributed by atoms with E-state index in [9.17, 15) is 100 Å². The molecule has 528 valence electrons. The molecule has 4 N–H and O–H groups in total. The van der Waals surface area contributed by atoms with Crippen LogP contribution in [0.5, 0.6) is 11.5 Å². The van der Waals surface area contributed by atoms with Crippen LogP contribution in [0, 0.1) is 72.0 Å². The summed E-state index contributed by atoms with van der Waals surface area (Å²) in [6.45, 7) is -1.12. The summed E-state index contributed by atoms with van der Waals surface area (Å²) in [5.41, 5.74) is 2.85. The minimum absolute atomic E-state index is 0.0260. The van der Waals surface area contributed by atoms with E-state index in [-0.39, 0.29) is 40.8 Å². The van der Waals surface area contributed by atoms with Crippen LogP contribution < -0.4 is 9.80 Å². The summed E-state index contributed by atoms with van der Waals surface area (Å²) in [6, 6.07) is 35.1. The van der Waals surface area contributed by atoms with Gasteiger partial charge >= 0.3 is 11.9 Å². The van der Waals surface area contributed by atoms with Crippen LogP contribution in [0.2, 0.25) is 0 Å². The average Bonchev–Trinajstić information content (AvgIpc) is 0.744. The van der Waals surface area contributed by atoms with E-state index < -0.39 is 160 Å². The van der Waals surface area contributed by atoms with Crippen LogP contribution in [0.25, 0.3) is 0 Å². The highest BCUT2D eigenvalue weighted by Gasteiger charge is 2.41. The molecule has 2 amide bonds. The number of anilines is 2. The Labute approximate surface area is 569 Å². The lowest BCUT2D eigenvalue weighted by Gasteiger charge is -2.28. The standard InChI is InChI=1S/C37H40N2O6S.C35H26F10N2O6S/c1-26-12-19-33(20-13-26)46(44,45)38(24-31-11-7-6-8-27(31)2)25-36(41)39(32-18-21-34(37(42)43)35(40)22-32)23-28-14-16-30(17-15-28)29-9-4-3-5-10-29;36-24-21(25(37)27(39)28(40)26(24)38)14-46(54(52,53)34-32(44)30(42)29(41)31(43)33(34)45)15-23(49)47(19-10-11-20(35(50)51)22(48)12-19)13-16-6-8-18(9-7-16)17-4-2-1-3-5-17/h6-8,11-22,29,40H,3-5,9-10,23-25H2,1-2H3,(H,42,43);6-12,17,48H,1-5,13-15H2,(H,50,51). The number of halogens is 10. The first kappa shape index (κ1) is 74.6. The van der Waals surface area contributed by atoms with Crippen LogP contribution in [0.4, 0.5) is 55.3 Å². The molecule has 2 aliphatic carbocycles. The molecular formula is C72H66F10N4O12S2. The number of benzene rings is 8. The lowest BCUT2D eigenvalue weighted by molar-refractivity contribution is -0.119. The van der Waals surface area contributed by atoms with Gasteiger partial charge in [0, 0.05) is 42.2 Å². The topological polar surface area (TPSA) is 230 Å². The molecule has 0 unspecified atom stereocenters. The van der Waals surface area contributed by atoms with Gasteiger partial charge in [0.1, 0.15) is 22.6 Å². The highest BCUT2D eigenvalue weighted by atomic mass is 32.2. The van der Waals surface area contributed by atoms with Gasteiger partial charge in [0.2, 0.25) is 43.5 Å². The number of sulfonamides is 2. The van der Waals surface area contributed by atoms with Crippen LogP contribution in [-0.2, 0) is 55.8 Å². The van der Waals surface area contributed by atoms with Crippen molar-refractivity contribution < 1.29 is 100 Å². The fraction of sp³-hybridized carbons (Fsp3) is 0.278. The van der Waals surface area contributed by atoms with Gasteiger partial charge in [-0.2, -0.15) is 8.61 Å². The van der Waals surface area contributed by atoms with Gasteiger partial charge in [-0.05, 0) is 121 Å². The molecule has 10 rings (SSSR count). The predicted molar refractivity (Wildman–Crippen MR) is 347 cm³/mol. The van der Waals surface area contributed by atoms with Crippen molar-refractivity contribution in [1.82, 2.24) is 8.61 Å². The van der Waals surface area contributed by atoms with Crippen LogP contribution in [0.3, 0.4) is 0 Å². The summed E-state index contributed by atoms with van der Waals surface area (Å²) >= 11 is 0. The summed E-state index contributed by atoms with van der Waals surface area (Å²) < 4.78 is 200. The Balaban J connectivity index is 0.000000236. The number of hydrogen-bond donors (Lipinski definition) is 4. The van der Waals surface area contributed by atoms with E-state index in [1.807, 2.05) is 50.2 Å². The molecule has 8 aromatic carbocycles. The third kappa shape index (κ3) is 16.6. The zero-order valence-electron chi connectivity index (χ0n) is 53.6. The van der Waals surface area contributed by atoms with E-state index in [0.29, 0.717) is 16.4 Å². The molecule has 0 saturated heterocycles. The number of aromatic carboxylic acids is 2. The minimum atomic E-state index is -6.33. The summed E-state index contributed by atoms with van der Waals surface area (Å²) in [5.74, 6) is -33.2. The number of phenols is 2. The Bertz CT molecular complexity index is 4580. The number of nitrogens with zero attached hydrogens (tertiary/aromatic N) is 4. The van der Waals surface area contributed by atoms with Gasteiger partial charge in [-0.3, -0.25) is 9.59 Å². The molecule has 0 spiro atoms. The Morgan fingerprint density at radius 1 is 0.430 bits per heavy atom. The number of carbonyl (C=O) groups is 4. The highest BCUT2D eigenvalue weighted by Crippen LogP contribution is 2.38. The minimum Gasteiger partial charge on any atom is -0.507 e. The first-order chi connectivity index (χ1) is 47.4. The maximum atomic E-state index is 14.9. The number of amides is 2. The summed E-state index contributed by atoms with van der Waals surface area (Å²) in [6.07, 6.45) is 10.9. The van der Waals surface area contributed by atoms with Crippen molar-refractivity contribution in [2.45, 2.75) is 126 Å². The lowest BCUT2D eigenvalue weighted by atomic mass is 9.84. The molecule has 2 aliphatic rings. The van der Waals surface area contributed by atoms with Crippen molar-refractivity contribution in [2.24, 2.45) is 0 Å². The molecule has 0 radical (unpaired) electrons. The van der Waals surface area contributed by atoms with Crippen LogP contribution in [0.15, 0.2) is 143 Å². The maximum absolute atomic E-state index is 14.9. The Kier molecular flexibility index (Phi) is 23.6. The quantitative estimate of drug-likeness (QED) is 0.0282. The Morgan fingerprint density at radius 3 is 1.20 bits per heavy atom. The van der Waals surface area contributed by atoms with Crippen molar-refractivity contribution in [3.05, 3.63) is 247 Å². The van der Waals surface area contributed by atoms with Crippen LogP contribution >= 0.6 is 0 Å². The third-order valence-electron chi connectivity index (χ3n) is 17.7. The number of carboxylic acids is 2. The van der Waals surface area contributed by atoms with Gasteiger partial charge < -0.3 is 30.2 Å². The molecule has 2 saturated carbocycles. The predicted octanol–water partition coefficient (Wildman–Crippen LogP) is 15.1. The molecule has 0 aromatic heterocycles. The number of hydrogen-bond acceptors (Lipinski definition) is 10. The zero-order chi connectivity index (χ0) is 72.7. The number of aryl methyl sites for hydroxylation is 2. The molecule has 8 aromatic rings. The van der Waals surface area contributed by atoms with Crippen molar-refractivity contribution in [2.75, 3.05) is 22.9 Å². The molecule has 100 heavy (non-hydrogen) atoms. The lowest BCUT2D eigenvalue weighted by Crippen LogP contribution is -2.43. The number of rotatable bonds is 22. The molecule has 0 heterocycles. The van der Waals surface area contributed by atoms with Crippen molar-refractivity contribution in [3.8, 4) is 11.5 Å². The molecule has 16 nitrogen and oxygen atoms in total. The van der Waals surface area contributed by atoms with Gasteiger partial charge in [-0.1, -0.05) is 129 Å². The largest absolute Gasteiger partial charge is 0.507 e. The van der Waals surface area contributed by atoms with Crippen molar-refractivity contribution in [1.29, 1.82) is 0 Å². The first-order valence-electron chi connectivity index (χ1n) is 31.4. The molecule has 28 heteroatoms. The van der Waals surface area contributed by atoms with Crippen LogP contribution in [0.1, 0.15) is 141 Å². The number of aromatic hydroxyl groups is 2. The summed E-state index contributed by atoms with van der Waals surface area (Å²) in [7, 11) is -10.4. The second-order valence-electron chi connectivity index (χ2n) is 24.4. The molecule has 0 atom stereocenters. The third-order valence-corrected chi connectivity index (χ3v) is 21.4. The zero-order valence-corrected chi connectivity index (χ0v) is 55.2. The van der Waals surface area contributed by atoms with E-state index in [1.165, 1.54) is 64.4 Å². The number of carbonyl (C=O) groups excluding carboxylic acids is 2. The van der Waals surface area contributed by atoms with E-state index in [2.05, 4.69) is 12.1 Å². The number of carboxylic acid groups (broad SMARTS) is 2. The average molecular weight is 1430 g/mol. The Morgan fingerprint density at radius 2 is 0.810 bits per heavy atom. The van der Waals surface area contributed by atoms with Gasteiger partial charge in [0.25, 0.3) is 0 Å². The van der Waals surface area contributed by atoms with Crippen LogP contribution in [-0.4, -0.2) is 82.7 Å². The monoisotopic (exact) mass is 1430 g/mol. The molecular weight excluding hydrogens is 1370 g/mol. The van der Waals surface area contributed by atoms with Gasteiger partial charge in [-0.25, -0.2) is 70.3 Å². The van der Waals surface area contributed by atoms with Gasteiger partial charge in [0.05, 0.1) is 31.1 Å². The smallest absolute Gasteiger partial charge is 0.339 e. The fourth-order valence-corrected chi connectivity index (χ4v) is 14.9. The fourth-order valence-electron chi connectivity index (χ4n) is 12.1. The van der Waals surface area contributed by atoms with E-state index >= 15 is 0 Å². The first-order valence-corrected chi connectivity index (χ1v) is 34.3. The Hall–Kier alpha value is -9.64. The summed E-state index contributed by atoms with van der Waals surface area (Å²) in [5, 5.41) is 39.7. The van der Waals surface area contributed by atoms with Gasteiger partial charge in [-0.15, -0.1) is 0 Å². The SMILES string of the molecule is Cc1ccc(S(=O)(=O)N(CC(=O)N(Cc2ccc(C3CCCCC3)cc2)c2ccc(C(=O)O)c(O)c2)Cc2ccccc2C)cc1.O=C(O)c1ccc(N(Cc2ccc(C3CCCCC3)cc2)C(=O)CN(Cc2c(F)c(F)c(F)c(F)c2F)S(=O)(=O)c2c(F)c(F)c(F)c(F)c2F)cc1O. The maximum Gasteiger partial charge on any atom is 0.339 e. The molecule has 0 bridgehead atoms. The van der Waals surface area contributed by atoms with Crippen molar-refractivity contribution >= 4 is 55.2 Å². The van der Waals surface area contributed by atoms with Crippen molar-refractivity contribution in [3.63, 3.8) is 0 Å². The van der Waals surface area contributed by atoms with E-state index in [4.69, 9.17) is 0 Å². The second-order valence-corrected chi connectivity index (χ2v) is 28.2. The second kappa shape index (κ2) is 31.7. The van der Waals surface area contributed by atoms with E-state index in [0.717, 1.165) is 91.0 Å². The molecule has 0 aliphatic heterocycles.